The second kappa shape index (κ2) is 12.0. The van der Waals surface area contributed by atoms with E-state index in [0.717, 1.165) is 37.1 Å². The number of rotatable bonds is 10. The molecule has 1 N–H and O–H groups in total. The van der Waals surface area contributed by atoms with Crippen molar-refractivity contribution in [1.82, 2.24) is 5.32 Å². The first-order valence-corrected chi connectivity index (χ1v) is 9.05. The van der Waals surface area contributed by atoms with Crippen molar-refractivity contribution in [3.8, 4) is 11.5 Å². The van der Waals surface area contributed by atoms with Gasteiger partial charge in [0.2, 0.25) is 0 Å². The van der Waals surface area contributed by atoms with Crippen LogP contribution in [0.1, 0.15) is 37.8 Å². The van der Waals surface area contributed by atoms with Gasteiger partial charge in [-0.3, -0.25) is 0 Å². The van der Waals surface area contributed by atoms with E-state index in [1.807, 2.05) is 19.1 Å². The Bertz CT molecular complexity index is 666. The van der Waals surface area contributed by atoms with Gasteiger partial charge in [0.25, 0.3) is 0 Å². The predicted octanol–water partition coefficient (Wildman–Crippen LogP) is 5.77. The Balaban J connectivity index is 0.00000338. The molecule has 0 atom stereocenters. The van der Waals surface area contributed by atoms with Gasteiger partial charge in [-0.05, 0) is 55.3 Å². The minimum atomic E-state index is -0.267. The van der Waals surface area contributed by atoms with E-state index >= 15 is 0 Å². The normalized spacial score (nSPS) is 10.3. The summed E-state index contributed by atoms with van der Waals surface area (Å²) in [5, 5.41) is 3.91. The lowest BCUT2D eigenvalue weighted by Crippen LogP contribution is -2.14. The minimum Gasteiger partial charge on any atom is -0.490 e. The zero-order chi connectivity index (χ0) is 18.1. The average Bonchev–Trinajstić information content (AvgIpc) is 2.60. The molecule has 0 fully saturated rings. The van der Waals surface area contributed by atoms with Crippen LogP contribution < -0.4 is 14.8 Å². The Morgan fingerprint density at radius 1 is 1.04 bits per heavy atom. The van der Waals surface area contributed by atoms with Gasteiger partial charge in [0.05, 0.1) is 11.6 Å². The molecule has 0 saturated heterocycles. The molecule has 0 heterocycles. The fourth-order valence-electron chi connectivity index (χ4n) is 2.40. The first-order valence-electron chi connectivity index (χ1n) is 8.67. The van der Waals surface area contributed by atoms with Crippen LogP contribution in [-0.4, -0.2) is 13.2 Å². The topological polar surface area (TPSA) is 30.5 Å². The molecule has 144 valence electrons. The van der Waals surface area contributed by atoms with Crippen molar-refractivity contribution in [2.75, 3.05) is 13.2 Å². The highest BCUT2D eigenvalue weighted by molar-refractivity contribution is 6.32. The molecule has 0 aliphatic rings. The lowest BCUT2D eigenvalue weighted by atomic mass is 10.2. The van der Waals surface area contributed by atoms with E-state index < -0.39 is 0 Å². The molecular weight excluding hydrogens is 376 g/mol. The number of halogens is 3. The van der Waals surface area contributed by atoms with Gasteiger partial charge in [0.1, 0.15) is 12.4 Å². The Labute approximate surface area is 166 Å². The number of ether oxygens (including phenoxy) is 2. The zero-order valence-electron chi connectivity index (χ0n) is 15.2. The van der Waals surface area contributed by atoms with E-state index in [1.165, 1.54) is 12.1 Å². The maximum Gasteiger partial charge on any atom is 0.180 e. The molecule has 0 radical (unpaired) electrons. The second-order valence-corrected chi connectivity index (χ2v) is 6.19. The fraction of sp³-hybridized carbons (Fsp3) is 0.400. The molecule has 2 aromatic rings. The van der Waals surface area contributed by atoms with E-state index in [2.05, 4.69) is 12.2 Å². The van der Waals surface area contributed by atoms with Gasteiger partial charge < -0.3 is 14.8 Å². The SMILES string of the molecule is CCCCNCc1cc(Cl)c(OCc2ccc(F)cc2)c(OCC)c1.Cl. The highest BCUT2D eigenvalue weighted by Gasteiger charge is 2.13. The van der Waals surface area contributed by atoms with Crippen LogP contribution in [0.5, 0.6) is 11.5 Å². The summed E-state index contributed by atoms with van der Waals surface area (Å²) < 4.78 is 24.5. The summed E-state index contributed by atoms with van der Waals surface area (Å²) in [4.78, 5) is 0. The minimum absolute atomic E-state index is 0. The molecule has 2 aromatic carbocycles. The van der Waals surface area contributed by atoms with Crippen molar-refractivity contribution >= 4 is 24.0 Å². The zero-order valence-corrected chi connectivity index (χ0v) is 16.8. The standard InChI is InChI=1S/C20H25ClFNO2.ClH/c1-3-5-10-23-13-16-11-18(21)20(19(12-16)24-4-2)25-14-15-6-8-17(22)9-7-15;/h6-9,11-12,23H,3-5,10,13-14H2,1-2H3;1H. The molecule has 0 spiro atoms. The summed E-state index contributed by atoms with van der Waals surface area (Å²) >= 11 is 6.41. The number of hydrogen-bond acceptors (Lipinski definition) is 3. The van der Waals surface area contributed by atoms with Gasteiger partial charge in [-0.1, -0.05) is 37.1 Å². The largest absolute Gasteiger partial charge is 0.490 e. The first-order chi connectivity index (χ1) is 12.1. The van der Waals surface area contributed by atoms with Gasteiger partial charge in [0, 0.05) is 6.54 Å². The second-order valence-electron chi connectivity index (χ2n) is 5.78. The summed E-state index contributed by atoms with van der Waals surface area (Å²) in [6, 6.07) is 10.0. The molecule has 0 aliphatic carbocycles. The Kier molecular flexibility index (Phi) is 10.4. The van der Waals surface area contributed by atoms with E-state index in [4.69, 9.17) is 21.1 Å². The highest BCUT2D eigenvalue weighted by atomic mass is 35.5. The van der Waals surface area contributed by atoms with E-state index in [-0.39, 0.29) is 18.2 Å². The molecule has 0 amide bonds. The lowest BCUT2D eigenvalue weighted by molar-refractivity contribution is 0.269. The van der Waals surface area contributed by atoms with Gasteiger partial charge in [-0.2, -0.15) is 0 Å². The average molecular weight is 402 g/mol. The van der Waals surface area contributed by atoms with Crippen LogP contribution in [0.2, 0.25) is 5.02 Å². The van der Waals surface area contributed by atoms with Crippen LogP contribution in [0.4, 0.5) is 4.39 Å². The monoisotopic (exact) mass is 401 g/mol. The summed E-state index contributed by atoms with van der Waals surface area (Å²) in [5.74, 6) is 0.881. The third-order valence-corrected chi connectivity index (χ3v) is 3.98. The van der Waals surface area contributed by atoms with Gasteiger partial charge in [0.15, 0.2) is 11.5 Å². The summed E-state index contributed by atoms with van der Waals surface area (Å²) in [5.41, 5.74) is 1.92. The lowest BCUT2D eigenvalue weighted by Gasteiger charge is -2.16. The molecule has 0 bridgehead atoms. The number of hydrogen-bond donors (Lipinski definition) is 1. The van der Waals surface area contributed by atoms with Crippen LogP contribution in [0.3, 0.4) is 0 Å². The molecule has 26 heavy (non-hydrogen) atoms. The highest BCUT2D eigenvalue weighted by Crippen LogP contribution is 2.37. The van der Waals surface area contributed by atoms with Crippen molar-refractivity contribution in [1.29, 1.82) is 0 Å². The van der Waals surface area contributed by atoms with Crippen molar-refractivity contribution < 1.29 is 13.9 Å². The van der Waals surface area contributed by atoms with E-state index in [9.17, 15) is 4.39 Å². The summed E-state index contributed by atoms with van der Waals surface area (Å²) in [7, 11) is 0. The van der Waals surface area contributed by atoms with Crippen molar-refractivity contribution in [2.45, 2.75) is 39.8 Å². The number of unbranched alkanes of at least 4 members (excludes halogenated alkanes) is 1. The van der Waals surface area contributed by atoms with Gasteiger partial charge >= 0.3 is 0 Å². The van der Waals surface area contributed by atoms with Crippen LogP contribution in [-0.2, 0) is 13.2 Å². The Morgan fingerprint density at radius 2 is 1.77 bits per heavy atom. The van der Waals surface area contributed by atoms with Crippen molar-refractivity contribution in [3.05, 3.63) is 58.4 Å². The Morgan fingerprint density at radius 3 is 2.42 bits per heavy atom. The Hall–Kier alpha value is -1.49. The maximum atomic E-state index is 13.0. The van der Waals surface area contributed by atoms with Crippen LogP contribution in [0.25, 0.3) is 0 Å². The van der Waals surface area contributed by atoms with E-state index in [0.29, 0.717) is 29.7 Å². The van der Waals surface area contributed by atoms with Crippen molar-refractivity contribution in [3.63, 3.8) is 0 Å². The molecule has 2 rings (SSSR count). The molecule has 0 aromatic heterocycles. The molecule has 0 aliphatic heterocycles. The molecular formula is C20H26Cl2FNO2. The smallest absolute Gasteiger partial charge is 0.180 e. The summed E-state index contributed by atoms with van der Waals surface area (Å²) in [6.07, 6.45) is 2.30. The molecule has 3 nitrogen and oxygen atoms in total. The third-order valence-electron chi connectivity index (χ3n) is 3.70. The van der Waals surface area contributed by atoms with Crippen LogP contribution in [0.15, 0.2) is 36.4 Å². The number of benzene rings is 2. The van der Waals surface area contributed by atoms with Crippen LogP contribution in [0, 0.1) is 5.82 Å². The van der Waals surface area contributed by atoms with Crippen molar-refractivity contribution in [2.24, 2.45) is 0 Å². The predicted molar refractivity (Wildman–Crippen MR) is 107 cm³/mol. The van der Waals surface area contributed by atoms with Gasteiger partial charge in [-0.25, -0.2) is 4.39 Å². The van der Waals surface area contributed by atoms with Gasteiger partial charge in [-0.15, -0.1) is 12.4 Å². The number of nitrogens with one attached hydrogen (secondary N) is 1. The third kappa shape index (κ3) is 7.02. The van der Waals surface area contributed by atoms with E-state index in [1.54, 1.807) is 12.1 Å². The first kappa shape index (κ1) is 22.6. The quantitative estimate of drug-likeness (QED) is 0.512. The van der Waals surface area contributed by atoms with Crippen LogP contribution >= 0.6 is 24.0 Å². The fourth-order valence-corrected chi connectivity index (χ4v) is 2.68. The molecule has 0 saturated carbocycles. The molecule has 6 heteroatoms. The molecule has 0 unspecified atom stereocenters. The maximum absolute atomic E-state index is 13.0. The summed E-state index contributed by atoms with van der Waals surface area (Å²) in [6.45, 7) is 6.62.